The quantitative estimate of drug-likeness (QED) is 0.532. The number of nitrogens with one attached hydrogen (secondary N) is 2. The summed E-state index contributed by atoms with van der Waals surface area (Å²) >= 11 is 7.40. The number of urea groups is 1. The normalized spacial score (nSPS) is 22.2. The van der Waals surface area contributed by atoms with E-state index in [1.165, 1.54) is 35.5 Å². The zero-order chi connectivity index (χ0) is 20.8. The van der Waals surface area contributed by atoms with E-state index >= 15 is 0 Å². The predicted octanol–water partition coefficient (Wildman–Crippen LogP) is 5.43. The lowest BCUT2D eigenvalue weighted by Crippen LogP contribution is -2.41. The molecule has 0 unspecified atom stereocenters. The third-order valence-electron chi connectivity index (χ3n) is 6.69. The molecule has 6 nitrogen and oxygen atoms in total. The number of carbonyl (C=O) groups excluding carboxylic acids is 2. The van der Waals surface area contributed by atoms with Gasteiger partial charge >= 0.3 is 6.03 Å². The van der Waals surface area contributed by atoms with E-state index in [2.05, 4.69) is 15.5 Å². The van der Waals surface area contributed by atoms with Crippen LogP contribution in [0.15, 0.2) is 24.3 Å². The fourth-order valence-electron chi connectivity index (χ4n) is 5.06. The summed E-state index contributed by atoms with van der Waals surface area (Å²) in [5.74, 6) is 0.316. The van der Waals surface area contributed by atoms with E-state index in [4.69, 9.17) is 17.3 Å². The Bertz CT molecular complexity index is 990. The van der Waals surface area contributed by atoms with Crippen molar-refractivity contribution < 1.29 is 9.59 Å². The molecule has 31 heavy (non-hydrogen) atoms. The van der Waals surface area contributed by atoms with Crippen LogP contribution in [0, 0.1) is 5.92 Å². The largest absolute Gasteiger partial charge is 0.365 e. The zero-order valence-electron chi connectivity index (χ0n) is 17.0. The van der Waals surface area contributed by atoms with Crippen molar-refractivity contribution in [1.29, 1.82) is 0 Å². The molecule has 0 spiro atoms. The van der Waals surface area contributed by atoms with Crippen molar-refractivity contribution in [3.63, 3.8) is 0 Å². The summed E-state index contributed by atoms with van der Waals surface area (Å²) < 4.78 is 0. The number of nitrogens with two attached hydrogens (primary N) is 1. The third kappa shape index (κ3) is 4.29. The summed E-state index contributed by atoms with van der Waals surface area (Å²) in [6, 6.07) is 7.27. The van der Waals surface area contributed by atoms with Crippen LogP contribution in [-0.2, 0) is 6.42 Å². The van der Waals surface area contributed by atoms with E-state index in [1.807, 2.05) is 0 Å². The van der Waals surface area contributed by atoms with Crippen LogP contribution in [0.3, 0.4) is 0 Å². The summed E-state index contributed by atoms with van der Waals surface area (Å²) in [6.07, 6.45) is 7.11. The molecular formula is C22H26Cl2N4O2S. The third-order valence-corrected chi connectivity index (χ3v) is 8.08. The van der Waals surface area contributed by atoms with Crippen LogP contribution in [0.2, 0.25) is 5.02 Å². The monoisotopic (exact) mass is 480 g/mol. The SMILES string of the molecule is Cl.NC(=O)c1c(NC(=O)Nc2ccc(Cl)cc2)sc2c1[C@H]1CC[C@@H](C2)N1CC1CCC1. The fraction of sp³-hybridized carbons (Fsp3) is 0.455. The Labute approximate surface area is 196 Å². The van der Waals surface area contributed by atoms with E-state index in [9.17, 15) is 9.59 Å². The molecule has 1 saturated heterocycles. The molecule has 9 heteroatoms. The van der Waals surface area contributed by atoms with Crippen LogP contribution in [0.1, 0.15) is 58.9 Å². The Hall–Kier alpha value is -1.80. The number of hydrogen-bond donors (Lipinski definition) is 3. The van der Waals surface area contributed by atoms with Gasteiger partial charge in [0.2, 0.25) is 0 Å². The number of anilines is 2. The van der Waals surface area contributed by atoms with Gasteiger partial charge in [-0.05, 0) is 67.9 Å². The highest BCUT2D eigenvalue weighted by Gasteiger charge is 2.44. The highest BCUT2D eigenvalue weighted by molar-refractivity contribution is 7.17. The molecular weight excluding hydrogens is 455 g/mol. The van der Waals surface area contributed by atoms with Gasteiger partial charge in [-0.15, -0.1) is 23.7 Å². The van der Waals surface area contributed by atoms with Crippen molar-refractivity contribution in [2.75, 3.05) is 17.2 Å². The van der Waals surface area contributed by atoms with Crippen molar-refractivity contribution in [2.24, 2.45) is 11.7 Å². The van der Waals surface area contributed by atoms with E-state index in [0.717, 1.165) is 37.3 Å². The molecule has 1 aliphatic carbocycles. The number of fused-ring (bicyclic) bond motifs is 4. The zero-order valence-corrected chi connectivity index (χ0v) is 19.4. The van der Waals surface area contributed by atoms with Crippen LogP contribution in [0.4, 0.5) is 15.5 Å². The molecule has 2 bridgehead atoms. The smallest absolute Gasteiger partial charge is 0.324 e. The molecule has 2 fully saturated rings. The number of hydrogen-bond acceptors (Lipinski definition) is 4. The first-order chi connectivity index (χ1) is 14.5. The van der Waals surface area contributed by atoms with Crippen LogP contribution < -0.4 is 16.4 Å². The Balaban J connectivity index is 0.00000231. The molecule has 0 radical (unpaired) electrons. The Morgan fingerprint density at radius 1 is 1.13 bits per heavy atom. The number of nitrogens with zero attached hydrogens (tertiary/aromatic N) is 1. The molecule has 1 saturated carbocycles. The minimum absolute atomic E-state index is 0. The summed E-state index contributed by atoms with van der Waals surface area (Å²) in [7, 11) is 0. The van der Waals surface area contributed by atoms with E-state index in [-0.39, 0.29) is 18.4 Å². The second-order valence-electron chi connectivity index (χ2n) is 8.54. The average Bonchev–Trinajstić information content (AvgIpc) is 3.16. The molecule has 1 aromatic carbocycles. The second-order valence-corrected chi connectivity index (χ2v) is 10.1. The minimum Gasteiger partial charge on any atom is -0.365 e. The predicted molar refractivity (Wildman–Crippen MR) is 128 cm³/mol. The van der Waals surface area contributed by atoms with Crippen molar-refractivity contribution in [3.05, 3.63) is 45.3 Å². The first-order valence-electron chi connectivity index (χ1n) is 10.5. The molecule has 4 N–H and O–H groups in total. The van der Waals surface area contributed by atoms with E-state index < -0.39 is 11.9 Å². The van der Waals surface area contributed by atoms with E-state index in [1.54, 1.807) is 24.3 Å². The number of thiophene rings is 1. The molecule has 3 amide bonds. The maximum Gasteiger partial charge on any atom is 0.324 e. The number of halogens is 2. The average molecular weight is 481 g/mol. The lowest BCUT2D eigenvalue weighted by molar-refractivity contribution is 0.0987. The highest BCUT2D eigenvalue weighted by Crippen LogP contribution is 2.51. The van der Waals surface area contributed by atoms with Gasteiger partial charge in [-0.1, -0.05) is 18.0 Å². The van der Waals surface area contributed by atoms with Gasteiger partial charge in [0.25, 0.3) is 5.91 Å². The molecule has 2 aliphatic heterocycles. The van der Waals surface area contributed by atoms with Crippen LogP contribution >= 0.6 is 35.3 Å². The van der Waals surface area contributed by atoms with Crippen LogP contribution in [-0.4, -0.2) is 29.4 Å². The first kappa shape index (κ1) is 22.4. The number of amides is 3. The Morgan fingerprint density at radius 2 is 1.87 bits per heavy atom. The van der Waals surface area contributed by atoms with Crippen molar-refractivity contribution in [1.82, 2.24) is 4.90 Å². The van der Waals surface area contributed by atoms with Crippen LogP contribution in [0.25, 0.3) is 0 Å². The van der Waals surface area contributed by atoms with Crippen molar-refractivity contribution in [2.45, 2.75) is 50.6 Å². The highest BCUT2D eigenvalue weighted by atomic mass is 35.5. The van der Waals surface area contributed by atoms with Gasteiger partial charge in [0.05, 0.1) is 5.56 Å². The molecule has 1 aromatic heterocycles. The molecule has 166 valence electrons. The van der Waals surface area contributed by atoms with Gasteiger partial charge in [0.15, 0.2) is 0 Å². The number of benzene rings is 1. The number of primary amides is 1. The molecule has 5 rings (SSSR count). The maximum absolute atomic E-state index is 12.6. The first-order valence-corrected chi connectivity index (χ1v) is 11.7. The van der Waals surface area contributed by atoms with Gasteiger partial charge < -0.3 is 11.1 Å². The lowest BCUT2D eigenvalue weighted by Gasteiger charge is -2.39. The maximum atomic E-state index is 12.6. The van der Waals surface area contributed by atoms with Gasteiger partial charge in [-0.3, -0.25) is 15.0 Å². The summed E-state index contributed by atoms with van der Waals surface area (Å²) in [5.41, 5.74) is 7.98. The molecule has 3 heterocycles. The van der Waals surface area contributed by atoms with Gasteiger partial charge in [-0.2, -0.15) is 0 Å². The van der Waals surface area contributed by atoms with Gasteiger partial charge in [-0.25, -0.2) is 4.79 Å². The number of carbonyl (C=O) groups is 2. The fourth-order valence-corrected chi connectivity index (χ4v) is 6.51. The minimum atomic E-state index is -0.469. The lowest BCUT2D eigenvalue weighted by atomic mass is 9.84. The summed E-state index contributed by atoms with van der Waals surface area (Å²) in [5, 5.41) is 6.80. The van der Waals surface area contributed by atoms with Crippen LogP contribution in [0.5, 0.6) is 0 Å². The standard InChI is InChI=1S/C22H25ClN4O2S.ClH/c23-13-4-6-14(7-5-13)25-22(29)26-21-19(20(24)28)18-16-9-8-15(10-17(18)30-21)27(16)11-12-2-1-3-12;/h4-7,12,15-16H,1-3,8-11H2,(H2,24,28)(H2,25,26,29);1H/t15-,16+;/m0./s1. The van der Waals surface area contributed by atoms with Gasteiger partial charge in [0.1, 0.15) is 5.00 Å². The Morgan fingerprint density at radius 3 is 2.52 bits per heavy atom. The van der Waals surface area contributed by atoms with Gasteiger partial charge in [0, 0.05) is 34.2 Å². The topological polar surface area (TPSA) is 87.5 Å². The molecule has 3 aliphatic rings. The second kappa shape index (κ2) is 8.98. The summed E-state index contributed by atoms with van der Waals surface area (Å²) in [6.45, 7) is 1.11. The Kier molecular flexibility index (Phi) is 6.49. The molecule has 2 atom stereocenters. The molecule has 2 aromatic rings. The number of rotatable bonds is 5. The van der Waals surface area contributed by atoms with Crippen molar-refractivity contribution in [3.8, 4) is 0 Å². The van der Waals surface area contributed by atoms with E-state index in [0.29, 0.717) is 27.3 Å². The summed E-state index contributed by atoms with van der Waals surface area (Å²) in [4.78, 5) is 28.8. The van der Waals surface area contributed by atoms with Crippen molar-refractivity contribution >= 4 is 58.0 Å².